The second kappa shape index (κ2) is 19.1. The number of phosphoric acid groups is 1. The van der Waals surface area contributed by atoms with Crippen molar-refractivity contribution in [3.8, 4) is 0 Å². The zero-order valence-corrected chi connectivity index (χ0v) is 24.4. The molecule has 1 saturated heterocycles. The number of ether oxygens (including phenoxy) is 2. The van der Waals surface area contributed by atoms with Crippen LogP contribution in [0.4, 0.5) is 0 Å². The first-order valence-electron chi connectivity index (χ1n) is 15.1. The minimum atomic E-state index is -4.26. The molecule has 1 aliphatic heterocycles. The molecule has 0 bridgehead atoms. The lowest BCUT2D eigenvalue weighted by molar-refractivity contribution is -0.914. The molecule has 0 N–H and O–H groups in total. The topological polar surface area (TPSA) is 77.1 Å². The van der Waals surface area contributed by atoms with Gasteiger partial charge in [-0.1, -0.05) is 64.7 Å². The van der Waals surface area contributed by atoms with Gasteiger partial charge >= 0.3 is 0 Å². The van der Waals surface area contributed by atoms with Crippen LogP contribution in [-0.2, 0) is 23.1 Å². The highest BCUT2D eigenvalue weighted by molar-refractivity contribution is 7.45. The number of hydrogen-bond acceptors (Lipinski definition) is 6. The third-order valence-corrected chi connectivity index (χ3v) is 8.93. The highest BCUT2D eigenvalue weighted by atomic mass is 31.2. The van der Waals surface area contributed by atoms with Gasteiger partial charge in [-0.3, -0.25) is 4.57 Å². The van der Waals surface area contributed by atoms with Crippen molar-refractivity contribution in [2.45, 2.75) is 128 Å². The van der Waals surface area contributed by atoms with Gasteiger partial charge in [0.2, 0.25) is 0 Å². The molecule has 2 fully saturated rings. The molecule has 1 aliphatic carbocycles. The van der Waals surface area contributed by atoms with Gasteiger partial charge < -0.3 is 27.9 Å². The molecule has 2 rings (SSSR count). The summed E-state index contributed by atoms with van der Waals surface area (Å²) >= 11 is 0. The second-order valence-corrected chi connectivity index (χ2v) is 12.7. The van der Waals surface area contributed by atoms with Gasteiger partial charge in [0.1, 0.15) is 13.2 Å². The van der Waals surface area contributed by atoms with Gasteiger partial charge in [0, 0.05) is 6.61 Å². The van der Waals surface area contributed by atoms with Crippen molar-refractivity contribution < 1.29 is 32.5 Å². The standard InChI is InChI=1S/C28H56NO6P/c1-3-4-5-6-7-8-9-10-11-15-23-32-27-16-18-28(19-17-27)33-25-26-35-36(30,31)34-24-22-29(2)20-13-12-14-21-29/h27-28H,3-26H2,1-2H3. The van der Waals surface area contributed by atoms with Crippen LogP contribution in [0.3, 0.4) is 0 Å². The third-order valence-electron chi connectivity index (χ3n) is 7.94. The number of phosphoric ester groups is 1. The molecule has 0 spiro atoms. The Hall–Kier alpha value is -0.0100. The molecular weight excluding hydrogens is 477 g/mol. The van der Waals surface area contributed by atoms with Gasteiger partial charge in [0.05, 0.1) is 45.6 Å². The molecule has 1 heterocycles. The van der Waals surface area contributed by atoms with Gasteiger partial charge in [-0.2, -0.15) is 0 Å². The molecule has 0 aromatic heterocycles. The van der Waals surface area contributed by atoms with Crippen LogP contribution in [-0.4, -0.2) is 69.8 Å². The third kappa shape index (κ3) is 15.4. The quantitative estimate of drug-likeness (QED) is 0.0967. The normalized spacial score (nSPS) is 24.0. The molecule has 0 radical (unpaired) electrons. The van der Waals surface area contributed by atoms with E-state index in [0.717, 1.165) is 49.9 Å². The average molecular weight is 534 g/mol. The second-order valence-electron chi connectivity index (χ2n) is 11.3. The summed E-state index contributed by atoms with van der Waals surface area (Å²) in [5.74, 6) is 0. The fourth-order valence-electron chi connectivity index (χ4n) is 5.48. The summed E-state index contributed by atoms with van der Waals surface area (Å²) in [6.45, 7) is 6.50. The van der Waals surface area contributed by atoms with Gasteiger partial charge in [-0.15, -0.1) is 0 Å². The predicted molar refractivity (Wildman–Crippen MR) is 144 cm³/mol. The largest absolute Gasteiger partial charge is 0.756 e. The molecule has 7 nitrogen and oxygen atoms in total. The Morgan fingerprint density at radius 1 is 0.694 bits per heavy atom. The molecule has 1 saturated carbocycles. The highest BCUT2D eigenvalue weighted by Gasteiger charge is 2.25. The molecule has 1 unspecified atom stereocenters. The Labute approximate surface area is 221 Å². The molecular formula is C28H56NO6P. The maximum atomic E-state index is 12.0. The van der Waals surface area contributed by atoms with E-state index in [1.54, 1.807) is 0 Å². The predicted octanol–water partition coefficient (Wildman–Crippen LogP) is 6.38. The van der Waals surface area contributed by atoms with E-state index in [0.29, 0.717) is 12.6 Å². The smallest absolute Gasteiger partial charge is 0.268 e. The first-order chi connectivity index (χ1) is 17.4. The summed E-state index contributed by atoms with van der Waals surface area (Å²) in [5, 5.41) is 0. The monoisotopic (exact) mass is 533 g/mol. The van der Waals surface area contributed by atoms with E-state index in [1.165, 1.54) is 83.5 Å². The van der Waals surface area contributed by atoms with E-state index in [4.69, 9.17) is 18.5 Å². The van der Waals surface area contributed by atoms with Crippen molar-refractivity contribution in [3.63, 3.8) is 0 Å². The number of rotatable bonds is 21. The van der Waals surface area contributed by atoms with Gasteiger partial charge in [-0.25, -0.2) is 0 Å². The average Bonchev–Trinajstić information content (AvgIpc) is 2.86. The lowest BCUT2D eigenvalue weighted by Crippen LogP contribution is -2.49. The molecule has 0 aromatic carbocycles. The summed E-state index contributed by atoms with van der Waals surface area (Å²) in [5.41, 5.74) is 0. The van der Waals surface area contributed by atoms with Crippen LogP contribution in [0, 0.1) is 0 Å². The van der Waals surface area contributed by atoms with Crippen LogP contribution in [0.5, 0.6) is 0 Å². The number of piperidine rings is 1. The van der Waals surface area contributed by atoms with Crippen molar-refractivity contribution >= 4 is 7.82 Å². The lowest BCUT2D eigenvalue weighted by atomic mass is 9.95. The summed E-state index contributed by atoms with van der Waals surface area (Å²) in [6.07, 6.45) is 21.6. The summed E-state index contributed by atoms with van der Waals surface area (Å²) in [4.78, 5) is 12.0. The van der Waals surface area contributed by atoms with E-state index in [9.17, 15) is 9.46 Å². The zero-order chi connectivity index (χ0) is 26.0. The Balaban J connectivity index is 1.39. The summed E-state index contributed by atoms with van der Waals surface area (Å²) < 4.78 is 34.9. The maximum absolute atomic E-state index is 12.0. The number of likely N-dealkylation sites (tertiary alicyclic amines) is 1. The first kappa shape index (κ1) is 32.2. The summed E-state index contributed by atoms with van der Waals surface area (Å²) in [7, 11) is -2.09. The Kier molecular flexibility index (Phi) is 17.1. The number of nitrogens with zero attached hydrogens (tertiary/aromatic N) is 1. The fraction of sp³-hybridized carbons (Fsp3) is 1.00. The molecule has 36 heavy (non-hydrogen) atoms. The lowest BCUT2D eigenvalue weighted by Gasteiger charge is -2.38. The molecule has 1 atom stereocenters. The maximum Gasteiger partial charge on any atom is 0.268 e. The van der Waals surface area contributed by atoms with Gasteiger partial charge in [0.25, 0.3) is 7.82 Å². The molecule has 0 aromatic rings. The van der Waals surface area contributed by atoms with Crippen LogP contribution < -0.4 is 4.89 Å². The van der Waals surface area contributed by atoms with E-state index < -0.39 is 7.82 Å². The van der Waals surface area contributed by atoms with Crippen molar-refractivity contribution in [1.82, 2.24) is 0 Å². The Morgan fingerprint density at radius 3 is 1.78 bits per heavy atom. The first-order valence-corrected chi connectivity index (χ1v) is 16.6. The van der Waals surface area contributed by atoms with Crippen molar-refractivity contribution in [2.75, 3.05) is 53.1 Å². The van der Waals surface area contributed by atoms with E-state index in [1.807, 2.05) is 0 Å². The molecule has 0 amide bonds. The zero-order valence-electron chi connectivity index (χ0n) is 23.5. The van der Waals surface area contributed by atoms with E-state index in [-0.39, 0.29) is 25.9 Å². The number of likely N-dealkylation sites (N-methyl/N-ethyl adjacent to an activating group) is 1. The number of hydrogen-bond donors (Lipinski definition) is 0. The van der Waals surface area contributed by atoms with Crippen molar-refractivity contribution in [3.05, 3.63) is 0 Å². The Morgan fingerprint density at radius 2 is 1.19 bits per heavy atom. The van der Waals surface area contributed by atoms with Crippen LogP contribution in [0.25, 0.3) is 0 Å². The van der Waals surface area contributed by atoms with Crippen LogP contribution in [0.1, 0.15) is 116 Å². The van der Waals surface area contributed by atoms with Crippen molar-refractivity contribution in [2.24, 2.45) is 0 Å². The van der Waals surface area contributed by atoms with Crippen molar-refractivity contribution in [1.29, 1.82) is 0 Å². The van der Waals surface area contributed by atoms with Gasteiger partial charge in [-0.05, 0) is 51.4 Å². The van der Waals surface area contributed by atoms with Gasteiger partial charge in [0.15, 0.2) is 0 Å². The highest BCUT2D eigenvalue weighted by Crippen LogP contribution is 2.38. The van der Waals surface area contributed by atoms with E-state index >= 15 is 0 Å². The van der Waals surface area contributed by atoms with Crippen LogP contribution in [0.15, 0.2) is 0 Å². The van der Waals surface area contributed by atoms with Crippen LogP contribution in [0.2, 0.25) is 0 Å². The Bertz CT molecular complexity index is 578. The minimum Gasteiger partial charge on any atom is -0.756 e. The molecule has 2 aliphatic rings. The van der Waals surface area contributed by atoms with E-state index in [2.05, 4.69) is 14.0 Å². The molecule has 214 valence electrons. The van der Waals surface area contributed by atoms with Crippen LogP contribution >= 0.6 is 7.82 Å². The number of unbranched alkanes of at least 4 members (excludes halogenated alkanes) is 9. The number of quaternary nitrogens is 1. The minimum absolute atomic E-state index is 0.0159. The fourth-order valence-corrected chi connectivity index (χ4v) is 6.16. The summed E-state index contributed by atoms with van der Waals surface area (Å²) in [6, 6.07) is 0. The molecule has 8 heteroatoms. The SMILES string of the molecule is CCCCCCCCCCCCOC1CCC(OCCOP(=O)([O-])OCC[N+]2(C)CCCCC2)CC1.